The Morgan fingerprint density at radius 2 is 1.92 bits per heavy atom. The lowest BCUT2D eigenvalue weighted by atomic mass is 10.1. The fraction of sp³-hybridized carbons (Fsp3) is 0.455. The van der Waals surface area contributed by atoms with Gasteiger partial charge in [0.15, 0.2) is 0 Å². The van der Waals surface area contributed by atoms with Gasteiger partial charge in [0.1, 0.15) is 5.82 Å². The molecule has 1 heteroatoms. The summed E-state index contributed by atoms with van der Waals surface area (Å²) < 4.78 is 12.5. The summed E-state index contributed by atoms with van der Waals surface area (Å²) in [6.07, 6.45) is 2.47. The molecule has 1 fully saturated rings. The number of benzene rings is 1. The fourth-order valence-corrected chi connectivity index (χ4v) is 1.61. The minimum Gasteiger partial charge on any atom is -0.207 e. The lowest BCUT2D eigenvalue weighted by molar-refractivity contribution is 0.626. The predicted molar refractivity (Wildman–Crippen MR) is 47.4 cm³/mol. The third kappa shape index (κ3) is 1.66. The maximum absolute atomic E-state index is 12.5. The van der Waals surface area contributed by atoms with Crippen molar-refractivity contribution < 1.29 is 4.39 Å². The highest BCUT2D eigenvalue weighted by Gasteiger charge is 2.31. The SMILES string of the molecule is C[C@H]1C[C@@H]1Cc1ccc(F)cc1. The molecule has 1 aliphatic carbocycles. The van der Waals surface area contributed by atoms with Gasteiger partial charge in [-0.2, -0.15) is 0 Å². The Labute approximate surface area is 72.4 Å². The van der Waals surface area contributed by atoms with Gasteiger partial charge >= 0.3 is 0 Å². The third-order valence-corrected chi connectivity index (χ3v) is 2.69. The minimum atomic E-state index is -0.136. The van der Waals surface area contributed by atoms with Gasteiger partial charge in [0, 0.05) is 0 Å². The normalized spacial score (nSPS) is 27.2. The highest BCUT2D eigenvalue weighted by Crippen LogP contribution is 2.40. The molecule has 64 valence electrons. The van der Waals surface area contributed by atoms with Crippen molar-refractivity contribution in [2.24, 2.45) is 11.8 Å². The standard InChI is InChI=1S/C11H13F/c1-8-6-10(8)7-9-2-4-11(12)5-3-9/h2-5,8,10H,6-7H2,1H3/t8-,10+/m0/s1. The predicted octanol–water partition coefficient (Wildman–Crippen LogP) is 3.02. The Morgan fingerprint density at radius 1 is 1.33 bits per heavy atom. The van der Waals surface area contributed by atoms with Gasteiger partial charge < -0.3 is 0 Å². The van der Waals surface area contributed by atoms with Crippen molar-refractivity contribution in [3.05, 3.63) is 35.6 Å². The second-order valence-corrected chi connectivity index (χ2v) is 3.80. The second-order valence-electron chi connectivity index (χ2n) is 3.80. The Balaban J connectivity index is 2.00. The van der Waals surface area contributed by atoms with E-state index in [0.29, 0.717) is 0 Å². The van der Waals surface area contributed by atoms with Crippen LogP contribution in [0.25, 0.3) is 0 Å². The van der Waals surface area contributed by atoms with E-state index < -0.39 is 0 Å². The van der Waals surface area contributed by atoms with Crippen molar-refractivity contribution in [1.82, 2.24) is 0 Å². The van der Waals surface area contributed by atoms with Crippen LogP contribution in [-0.4, -0.2) is 0 Å². The molecule has 0 spiro atoms. The molecule has 2 atom stereocenters. The van der Waals surface area contributed by atoms with Gasteiger partial charge in [-0.05, 0) is 42.4 Å². The van der Waals surface area contributed by atoms with Gasteiger partial charge in [0.05, 0.1) is 0 Å². The first-order chi connectivity index (χ1) is 5.75. The summed E-state index contributed by atoms with van der Waals surface area (Å²) in [5, 5.41) is 0. The Morgan fingerprint density at radius 3 is 2.42 bits per heavy atom. The molecule has 0 aromatic heterocycles. The van der Waals surface area contributed by atoms with E-state index in [1.807, 2.05) is 12.1 Å². The summed E-state index contributed by atoms with van der Waals surface area (Å²) in [4.78, 5) is 0. The van der Waals surface area contributed by atoms with Crippen LogP contribution in [0, 0.1) is 17.7 Å². The molecule has 0 saturated heterocycles. The summed E-state index contributed by atoms with van der Waals surface area (Å²) in [5.41, 5.74) is 1.27. The minimum absolute atomic E-state index is 0.136. The molecule has 0 nitrogen and oxygen atoms in total. The Hall–Kier alpha value is -0.850. The monoisotopic (exact) mass is 164 g/mol. The van der Waals surface area contributed by atoms with Gasteiger partial charge in [-0.15, -0.1) is 0 Å². The van der Waals surface area contributed by atoms with Crippen LogP contribution < -0.4 is 0 Å². The van der Waals surface area contributed by atoms with E-state index in [1.54, 1.807) is 12.1 Å². The van der Waals surface area contributed by atoms with Crippen molar-refractivity contribution >= 4 is 0 Å². The summed E-state index contributed by atoms with van der Waals surface area (Å²) >= 11 is 0. The van der Waals surface area contributed by atoms with Crippen molar-refractivity contribution in [3.63, 3.8) is 0 Å². The van der Waals surface area contributed by atoms with Crippen molar-refractivity contribution in [2.45, 2.75) is 19.8 Å². The van der Waals surface area contributed by atoms with Gasteiger partial charge in [-0.1, -0.05) is 19.1 Å². The molecule has 1 aliphatic rings. The highest BCUT2D eigenvalue weighted by molar-refractivity contribution is 5.17. The first-order valence-electron chi connectivity index (χ1n) is 4.50. The van der Waals surface area contributed by atoms with Crippen LogP contribution in [0.4, 0.5) is 4.39 Å². The molecule has 0 aliphatic heterocycles. The van der Waals surface area contributed by atoms with E-state index in [9.17, 15) is 4.39 Å². The lowest BCUT2D eigenvalue weighted by Crippen LogP contribution is -1.88. The van der Waals surface area contributed by atoms with E-state index >= 15 is 0 Å². The van der Waals surface area contributed by atoms with Crippen molar-refractivity contribution in [3.8, 4) is 0 Å². The van der Waals surface area contributed by atoms with Gasteiger partial charge in [0.25, 0.3) is 0 Å². The second kappa shape index (κ2) is 2.89. The first-order valence-corrected chi connectivity index (χ1v) is 4.50. The molecule has 1 saturated carbocycles. The van der Waals surface area contributed by atoms with E-state index in [2.05, 4.69) is 6.92 Å². The zero-order valence-electron chi connectivity index (χ0n) is 7.26. The van der Waals surface area contributed by atoms with E-state index in [-0.39, 0.29) is 5.82 Å². The summed E-state index contributed by atoms with van der Waals surface area (Å²) in [5.74, 6) is 1.60. The molecular formula is C11H13F. The van der Waals surface area contributed by atoms with Crippen LogP contribution in [0.5, 0.6) is 0 Å². The number of rotatable bonds is 2. The van der Waals surface area contributed by atoms with Crippen LogP contribution in [0.1, 0.15) is 18.9 Å². The molecule has 0 bridgehead atoms. The average Bonchev–Trinajstić information content (AvgIpc) is 2.72. The zero-order valence-corrected chi connectivity index (χ0v) is 7.26. The lowest BCUT2D eigenvalue weighted by Gasteiger charge is -1.98. The highest BCUT2D eigenvalue weighted by atomic mass is 19.1. The van der Waals surface area contributed by atoms with Crippen molar-refractivity contribution in [1.29, 1.82) is 0 Å². The molecular weight excluding hydrogens is 151 g/mol. The van der Waals surface area contributed by atoms with Crippen LogP contribution in [0.3, 0.4) is 0 Å². The molecule has 0 heterocycles. The van der Waals surface area contributed by atoms with E-state index in [4.69, 9.17) is 0 Å². The van der Waals surface area contributed by atoms with E-state index in [0.717, 1.165) is 18.3 Å². The van der Waals surface area contributed by atoms with Crippen LogP contribution in [0.2, 0.25) is 0 Å². The molecule has 2 rings (SSSR count). The topological polar surface area (TPSA) is 0 Å². The third-order valence-electron chi connectivity index (χ3n) is 2.69. The summed E-state index contributed by atoms with van der Waals surface area (Å²) in [7, 11) is 0. The van der Waals surface area contributed by atoms with Gasteiger partial charge in [0.2, 0.25) is 0 Å². The summed E-state index contributed by atoms with van der Waals surface area (Å²) in [6.45, 7) is 2.27. The van der Waals surface area contributed by atoms with Crippen LogP contribution in [-0.2, 0) is 6.42 Å². The largest absolute Gasteiger partial charge is 0.207 e. The quantitative estimate of drug-likeness (QED) is 0.630. The van der Waals surface area contributed by atoms with Gasteiger partial charge in [-0.3, -0.25) is 0 Å². The average molecular weight is 164 g/mol. The maximum Gasteiger partial charge on any atom is 0.123 e. The van der Waals surface area contributed by atoms with Crippen LogP contribution in [0.15, 0.2) is 24.3 Å². The molecule has 0 unspecified atom stereocenters. The number of hydrogen-bond donors (Lipinski definition) is 0. The summed E-state index contributed by atoms with van der Waals surface area (Å²) in [6, 6.07) is 6.87. The van der Waals surface area contributed by atoms with Crippen molar-refractivity contribution in [2.75, 3.05) is 0 Å². The maximum atomic E-state index is 12.5. The Kier molecular flexibility index (Phi) is 1.87. The molecule has 0 radical (unpaired) electrons. The fourth-order valence-electron chi connectivity index (χ4n) is 1.61. The molecule has 0 amide bonds. The van der Waals surface area contributed by atoms with Gasteiger partial charge in [-0.25, -0.2) is 4.39 Å². The van der Waals surface area contributed by atoms with Crippen LogP contribution >= 0.6 is 0 Å². The number of hydrogen-bond acceptors (Lipinski definition) is 0. The molecule has 1 aromatic rings. The zero-order chi connectivity index (χ0) is 8.55. The molecule has 12 heavy (non-hydrogen) atoms. The Bertz CT molecular complexity index is 263. The molecule has 1 aromatic carbocycles. The first kappa shape index (κ1) is 7.78. The molecule has 0 N–H and O–H groups in total. The number of halogens is 1. The van der Waals surface area contributed by atoms with E-state index in [1.165, 1.54) is 12.0 Å². The smallest absolute Gasteiger partial charge is 0.123 e.